The van der Waals surface area contributed by atoms with E-state index in [0.29, 0.717) is 40.5 Å². The Morgan fingerprint density at radius 1 is 0.946 bits per heavy atom. The van der Waals surface area contributed by atoms with Crippen molar-refractivity contribution in [2.45, 2.75) is 33.3 Å². The molecule has 0 spiro atoms. The molecule has 0 fully saturated rings. The fourth-order valence-corrected chi connectivity index (χ4v) is 5.09. The third-order valence-electron chi connectivity index (χ3n) is 6.74. The molecule has 1 aliphatic heterocycles. The third kappa shape index (κ3) is 4.40. The van der Waals surface area contributed by atoms with E-state index >= 15 is 0 Å². The van der Waals surface area contributed by atoms with E-state index in [-0.39, 0.29) is 12.4 Å². The maximum Gasteiger partial charge on any atom is 0.336 e. The number of dihydropyridines is 1. The molecular weight excluding hydrogens is 466 g/mol. The maximum atomic E-state index is 13.6. The molecule has 1 aliphatic carbocycles. The van der Waals surface area contributed by atoms with Crippen LogP contribution in [0.5, 0.6) is 11.5 Å². The number of Topliss-reactive ketones (excluding diaryl/α,β-unsaturated/α-hetero) is 1. The first-order valence-corrected chi connectivity index (χ1v) is 12.3. The zero-order chi connectivity index (χ0) is 26.1. The van der Waals surface area contributed by atoms with Crippen molar-refractivity contribution in [2.75, 3.05) is 13.7 Å². The molecule has 1 N–H and O–H groups in total. The van der Waals surface area contributed by atoms with Gasteiger partial charge in [-0.25, -0.2) is 4.79 Å². The molecule has 2 aliphatic rings. The van der Waals surface area contributed by atoms with E-state index in [1.807, 2.05) is 74.5 Å². The Hall–Kier alpha value is -4.32. The topological polar surface area (TPSA) is 73.9 Å². The van der Waals surface area contributed by atoms with Crippen molar-refractivity contribution in [2.24, 2.45) is 0 Å². The number of carbonyl (C=O) groups excluding carboxylic acids is 2. The van der Waals surface area contributed by atoms with Gasteiger partial charge in [0.05, 0.1) is 25.0 Å². The van der Waals surface area contributed by atoms with Crippen molar-refractivity contribution in [1.82, 2.24) is 5.32 Å². The summed E-state index contributed by atoms with van der Waals surface area (Å²) in [6.45, 7) is 6.27. The Morgan fingerprint density at radius 3 is 2.46 bits per heavy atom. The lowest BCUT2D eigenvalue weighted by atomic mass is 9.79. The molecule has 0 saturated heterocycles. The second-order valence-electron chi connectivity index (χ2n) is 9.17. The van der Waals surface area contributed by atoms with E-state index in [4.69, 9.17) is 14.2 Å². The van der Waals surface area contributed by atoms with Crippen LogP contribution in [0, 0.1) is 6.92 Å². The Labute approximate surface area is 216 Å². The number of methoxy groups -OCH3 is 1. The number of ether oxygens (including phenoxy) is 3. The third-order valence-corrected chi connectivity index (χ3v) is 6.74. The van der Waals surface area contributed by atoms with Gasteiger partial charge in [0.25, 0.3) is 0 Å². The minimum Gasteiger partial charge on any atom is -0.493 e. The second kappa shape index (κ2) is 9.97. The predicted octanol–water partition coefficient (Wildman–Crippen LogP) is 5.71. The molecule has 5 rings (SSSR count). The molecule has 3 aromatic carbocycles. The Bertz CT molecular complexity index is 1470. The Kier molecular flexibility index (Phi) is 6.57. The number of ketones is 1. The van der Waals surface area contributed by atoms with Crippen LogP contribution >= 0.6 is 0 Å². The molecule has 0 bridgehead atoms. The van der Waals surface area contributed by atoms with Gasteiger partial charge in [-0.15, -0.1) is 0 Å². The normalized spacial score (nSPS) is 16.2. The standard InChI is InChI=1S/C31H29NO5/c1-5-36-31(34)26-19(3)32-29-22-11-6-7-12-23(22)30(33)28(29)27(26)21-13-14-24(25(16-21)35-4)37-17-20-10-8-9-18(2)15-20/h6-16,27,32H,5,17H2,1-4H3/t27-/m0/s1. The first kappa shape index (κ1) is 24.4. The molecule has 0 radical (unpaired) electrons. The number of esters is 1. The van der Waals surface area contributed by atoms with Gasteiger partial charge in [0, 0.05) is 28.3 Å². The lowest BCUT2D eigenvalue weighted by molar-refractivity contribution is -0.138. The quantitative estimate of drug-likeness (QED) is 0.423. The largest absolute Gasteiger partial charge is 0.493 e. The smallest absolute Gasteiger partial charge is 0.336 e. The van der Waals surface area contributed by atoms with Crippen LogP contribution in [-0.4, -0.2) is 25.5 Å². The van der Waals surface area contributed by atoms with E-state index in [9.17, 15) is 9.59 Å². The van der Waals surface area contributed by atoms with E-state index in [0.717, 1.165) is 28.0 Å². The number of benzene rings is 3. The Morgan fingerprint density at radius 2 is 1.73 bits per heavy atom. The van der Waals surface area contributed by atoms with Crippen molar-refractivity contribution in [1.29, 1.82) is 0 Å². The fourth-order valence-electron chi connectivity index (χ4n) is 5.09. The van der Waals surface area contributed by atoms with Crippen molar-refractivity contribution in [3.8, 4) is 11.5 Å². The summed E-state index contributed by atoms with van der Waals surface area (Å²) in [6, 6.07) is 21.2. The SMILES string of the molecule is CCOC(=O)C1=C(C)NC2=C(C(=O)c3ccccc32)[C@H]1c1ccc(OCc2cccc(C)c2)c(OC)c1. The molecular formula is C31H29NO5. The van der Waals surface area contributed by atoms with Crippen LogP contribution in [0.2, 0.25) is 0 Å². The van der Waals surface area contributed by atoms with E-state index in [1.54, 1.807) is 14.0 Å². The van der Waals surface area contributed by atoms with Crippen molar-refractivity contribution in [3.05, 3.63) is 111 Å². The average Bonchev–Trinajstić information content (AvgIpc) is 3.18. The highest BCUT2D eigenvalue weighted by Crippen LogP contribution is 2.48. The van der Waals surface area contributed by atoms with Gasteiger partial charge < -0.3 is 19.5 Å². The summed E-state index contributed by atoms with van der Waals surface area (Å²) in [4.78, 5) is 26.8. The highest BCUT2D eigenvalue weighted by molar-refractivity contribution is 6.23. The van der Waals surface area contributed by atoms with Crippen LogP contribution in [0.3, 0.4) is 0 Å². The molecule has 3 aromatic rings. The van der Waals surface area contributed by atoms with Crippen LogP contribution in [0.1, 0.15) is 52.4 Å². The maximum absolute atomic E-state index is 13.6. The summed E-state index contributed by atoms with van der Waals surface area (Å²) >= 11 is 0. The summed E-state index contributed by atoms with van der Waals surface area (Å²) < 4.78 is 17.2. The number of allylic oxidation sites excluding steroid dienone is 2. The summed E-state index contributed by atoms with van der Waals surface area (Å²) in [5.74, 6) is -0.0671. The van der Waals surface area contributed by atoms with Crippen LogP contribution in [0.4, 0.5) is 0 Å². The molecule has 37 heavy (non-hydrogen) atoms. The molecule has 0 unspecified atom stereocenters. The monoisotopic (exact) mass is 495 g/mol. The molecule has 1 heterocycles. The van der Waals surface area contributed by atoms with Crippen molar-refractivity contribution >= 4 is 17.4 Å². The van der Waals surface area contributed by atoms with Crippen LogP contribution in [0.25, 0.3) is 5.70 Å². The van der Waals surface area contributed by atoms with E-state index in [1.165, 1.54) is 0 Å². The van der Waals surface area contributed by atoms with Gasteiger partial charge in [0.2, 0.25) is 0 Å². The van der Waals surface area contributed by atoms with Gasteiger partial charge >= 0.3 is 5.97 Å². The zero-order valence-electron chi connectivity index (χ0n) is 21.4. The minimum atomic E-state index is -0.616. The first-order chi connectivity index (χ1) is 17.9. The number of hydrogen-bond acceptors (Lipinski definition) is 6. The number of hydrogen-bond donors (Lipinski definition) is 1. The van der Waals surface area contributed by atoms with Crippen LogP contribution < -0.4 is 14.8 Å². The number of carbonyl (C=O) groups is 2. The number of aryl methyl sites for hydroxylation is 1. The number of fused-ring (bicyclic) bond motifs is 2. The number of rotatable bonds is 7. The predicted molar refractivity (Wildman–Crippen MR) is 141 cm³/mol. The van der Waals surface area contributed by atoms with Crippen LogP contribution in [0.15, 0.2) is 83.6 Å². The first-order valence-electron chi connectivity index (χ1n) is 12.3. The van der Waals surface area contributed by atoms with Gasteiger partial charge in [-0.05, 0) is 44.0 Å². The van der Waals surface area contributed by atoms with Gasteiger partial charge in [-0.3, -0.25) is 4.79 Å². The molecule has 0 saturated carbocycles. The molecule has 1 atom stereocenters. The van der Waals surface area contributed by atoms with E-state index in [2.05, 4.69) is 11.4 Å². The van der Waals surface area contributed by atoms with Gasteiger partial charge in [-0.2, -0.15) is 0 Å². The molecule has 188 valence electrons. The van der Waals surface area contributed by atoms with E-state index < -0.39 is 11.9 Å². The second-order valence-corrected chi connectivity index (χ2v) is 9.17. The molecule has 0 aromatic heterocycles. The number of nitrogens with one attached hydrogen (secondary N) is 1. The summed E-state index contributed by atoms with van der Waals surface area (Å²) in [7, 11) is 1.58. The van der Waals surface area contributed by atoms with Crippen molar-refractivity contribution in [3.63, 3.8) is 0 Å². The van der Waals surface area contributed by atoms with Gasteiger partial charge in [0.1, 0.15) is 6.61 Å². The highest BCUT2D eigenvalue weighted by atomic mass is 16.5. The lowest BCUT2D eigenvalue weighted by Crippen LogP contribution is -2.29. The fraction of sp³-hybridized carbons (Fsp3) is 0.226. The van der Waals surface area contributed by atoms with Crippen LogP contribution in [-0.2, 0) is 16.1 Å². The Balaban J connectivity index is 1.56. The summed E-state index contributed by atoms with van der Waals surface area (Å²) in [5.41, 5.74) is 6.75. The highest BCUT2D eigenvalue weighted by Gasteiger charge is 2.43. The molecule has 0 amide bonds. The van der Waals surface area contributed by atoms with Crippen molar-refractivity contribution < 1.29 is 23.8 Å². The zero-order valence-corrected chi connectivity index (χ0v) is 21.4. The minimum absolute atomic E-state index is 0.101. The molecule has 6 heteroatoms. The molecule has 6 nitrogen and oxygen atoms in total. The van der Waals surface area contributed by atoms with Gasteiger partial charge in [-0.1, -0.05) is 60.2 Å². The summed E-state index contributed by atoms with van der Waals surface area (Å²) in [6.07, 6.45) is 0. The summed E-state index contributed by atoms with van der Waals surface area (Å²) in [5, 5.41) is 3.32. The average molecular weight is 496 g/mol. The van der Waals surface area contributed by atoms with Gasteiger partial charge in [0.15, 0.2) is 17.3 Å². The lowest BCUT2D eigenvalue weighted by Gasteiger charge is -2.29.